The van der Waals surface area contributed by atoms with E-state index < -0.39 is 11.7 Å². The molecule has 5 aromatic rings. The molecule has 2 aromatic heterocycles. The van der Waals surface area contributed by atoms with Crippen LogP contribution in [0.25, 0.3) is 27.8 Å². The molecule has 6 nitrogen and oxygen atoms in total. The number of anilines is 1. The Hall–Kier alpha value is -4.18. The first-order chi connectivity index (χ1) is 18.4. The van der Waals surface area contributed by atoms with Gasteiger partial charge in [0.25, 0.3) is 0 Å². The van der Waals surface area contributed by atoms with Crippen LogP contribution >= 0.6 is 11.8 Å². The monoisotopic (exact) mass is 533 g/mol. The molecule has 0 saturated carbocycles. The van der Waals surface area contributed by atoms with E-state index in [2.05, 4.69) is 15.2 Å². The predicted molar refractivity (Wildman–Crippen MR) is 142 cm³/mol. The van der Waals surface area contributed by atoms with Gasteiger partial charge in [0.1, 0.15) is 0 Å². The van der Waals surface area contributed by atoms with E-state index in [-0.39, 0.29) is 17.3 Å². The van der Waals surface area contributed by atoms with Crippen molar-refractivity contribution in [3.63, 3.8) is 0 Å². The lowest BCUT2D eigenvalue weighted by molar-refractivity contribution is -0.137. The third-order valence-electron chi connectivity index (χ3n) is 5.98. The van der Waals surface area contributed by atoms with Crippen molar-refractivity contribution in [1.29, 1.82) is 0 Å². The van der Waals surface area contributed by atoms with Crippen molar-refractivity contribution in [2.75, 3.05) is 17.2 Å². The van der Waals surface area contributed by atoms with E-state index in [1.54, 1.807) is 35.5 Å². The van der Waals surface area contributed by atoms with Crippen LogP contribution in [-0.4, -0.2) is 38.0 Å². The summed E-state index contributed by atoms with van der Waals surface area (Å²) in [5.41, 5.74) is 0.828. The molecule has 5 rings (SSSR count). The molecule has 0 bridgehead atoms. The van der Waals surface area contributed by atoms with Crippen molar-refractivity contribution in [3.05, 3.63) is 96.8 Å². The second-order valence-corrected chi connectivity index (χ2v) is 9.30. The number of carbonyl (C=O) groups excluding carboxylic acids is 1. The van der Waals surface area contributed by atoms with E-state index in [1.165, 1.54) is 10.6 Å². The molecule has 1 amide bonds. The SMILES string of the molecule is CCN(C(=O)CSc1nnc(-c2cccnc2)n1-c1cccc(C(F)(F)F)c1)c1cccc2ccccc12. The van der Waals surface area contributed by atoms with Crippen LogP contribution in [0.15, 0.2) is 96.4 Å². The summed E-state index contributed by atoms with van der Waals surface area (Å²) >= 11 is 1.12. The van der Waals surface area contributed by atoms with Crippen molar-refractivity contribution in [2.24, 2.45) is 0 Å². The fourth-order valence-corrected chi connectivity index (χ4v) is 5.06. The summed E-state index contributed by atoms with van der Waals surface area (Å²) in [5.74, 6) is 0.186. The molecule has 2 heterocycles. The van der Waals surface area contributed by atoms with Crippen LogP contribution in [0.3, 0.4) is 0 Å². The molecule has 38 heavy (non-hydrogen) atoms. The Morgan fingerprint density at radius 3 is 2.53 bits per heavy atom. The Morgan fingerprint density at radius 1 is 0.974 bits per heavy atom. The molecule has 0 atom stereocenters. The summed E-state index contributed by atoms with van der Waals surface area (Å²) in [6.45, 7) is 2.35. The number of fused-ring (bicyclic) bond motifs is 1. The van der Waals surface area contributed by atoms with Crippen molar-refractivity contribution < 1.29 is 18.0 Å². The maximum absolute atomic E-state index is 13.5. The van der Waals surface area contributed by atoms with Crippen LogP contribution in [0.2, 0.25) is 0 Å². The second kappa shape index (κ2) is 10.7. The van der Waals surface area contributed by atoms with E-state index in [4.69, 9.17) is 0 Å². The Morgan fingerprint density at radius 2 is 1.76 bits per heavy atom. The number of halogens is 3. The second-order valence-electron chi connectivity index (χ2n) is 8.36. The molecule has 0 unspecified atom stereocenters. The molecule has 0 aliphatic heterocycles. The van der Waals surface area contributed by atoms with Gasteiger partial charge in [-0.15, -0.1) is 10.2 Å². The van der Waals surface area contributed by atoms with Crippen molar-refractivity contribution in [1.82, 2.24) is 19.7 Å². The van der Waals surface area contributed by atoms with Gasteiger partial charge in [0.05, 0.1) is 22.7 Å². The molecular formula is C28H22F3N5OS. The molecule has 0 aliphatic carbocycles. The van der Waals surface area contributed by atoms with Crippen molar-refractivity contribution in [3.8, 4) is 17.1 Å². The van der Waals surface area contributed by atoms with Gasteiger partial charge in [0.2, 0.25) is 5.91 Å². The number of amides is 1. The van der Waals surface area contributed by atoms with Gasteiger partial charge >= 0.3 is 6.18 Å². The molecular weight excluding hydrogens is 511 g/mol. The fourth-order valence-electron chi connectivity index (χ4n) is 4.23. The van der Waals surface area contributed by atoms with Gasteiger partial charge in [-0.3, -0.25) is 14.3 Å². The number of thioether (sulfide) groups is 1. The average molecular weight is 534 g/mol. The lowest BCUT2D eigenvalue weighted by atomic mass is 10.1. The molecule has 192 valence electrons. The summed E-state index contributed by atoms with van der Waals surface area (Å²) in [6.07, 6.45) is -1.36. The van der Waals surface area contributed by atoms with E-state index in [0.29, 0.717) is 23.1 Å². The Bertz CT molecular complexity index is 1580. The molecule has 10 heteroatoms. The first-order valence-corrected chi connectivity index (χ1v) is 12.8. The van der Waals surface area contributed by atoms with Gasteiger partial charge in [-0.25, -0.2) is 0 Å². The number of hydrogen-bond acceptors (Lipinski definition) is 5. The van der Waals surface area contributed by atoms with Gasteiger partial charge in [0.15, 0.2) is 11.0 Å². The summed E-state index contributed by atoms with van der Waals surface area (Å²) in [4.78, 5) is 19.2. The number of carbonyl (C=O) groups is 1. The van der Waals surface area contributed by atoms with Crippen molar-refractivity contribution in [2.45, 2.75) is 18.3 Å². The largest absolute Gasteiger partial charge is 0.416 e. The summed E-state index contributed by atoms with van der Waals surface area (Å²) in [6, 6.07) is 22.0. The Kier molecular flexibility index (Phi) is 7.15. The minimum Gasteiger partial charge on any atom is -0.311 e. The Balaban J connectivity index is 1.49. The molecule has 0 fully saturated rings. The van der Waals surface area contributed by atoms with E-state index >= 15 is 0 Å². The molecule has 0 aliphatic rings. The van der Waals surface area contributed by atoms with Crippen LogP contribution in [0, 0.1) is 0 Å². The minimum absolute atomic E-state index is 0.0151. The number of hydrogen-bond donors (Lipinski definition) is 0. The van der Waals surface area contributed by atoms with Gasteiger partial charge in [0, 0.05) is 29.9 Å². The van der Waals surface area contributed by atoms with Gasteiger partial charge in [-0.05, 0) is 48.7 Å². The lowest BCUT2D eigenvalue weighted by Crippen LogP contribution is -2.32. The van der Waals surface area contributed by atoms with E-state index in [0.717, 1.165) is 40.4 Å². The van der Waals surface area contributed by atoms with E-state index in [9.17, 15) is 18.0 Å². The standard InChI is InChI=1S/C28H22F3N5OS/c1-2-35(24-14-5-9-19-8-3-4-13-23(19)24)25(37)18-38-27-34-33-26(20-10-7-15-32-17-20)36(27)22-12-6-11-21(16-22)28(29,30)31/h3-17H,2,18H2,1H3. The Labute approximate surface area is 221 Å². The highest BCUT2D eigenvalue weighted by atomic mass is 32.2. The van der Waals surface area contributed by atoms with Crippen LogP contribution in [0.1, 0.15) is 12.5 Å². The van der Waals surface area contributed by atoms with Crippen LogP contribution in [0.5, 0.6) is 0 Å². The molecule has 0 spiro atoms. The third kappa shape index (κ3) is 5.12. The highest BCUT2D eigenvalue weighted by Crippen LogP contribution is 2.34. The molecule has 0 N–H and O–H groups in total. The third-order valence-corrected chi connectivity index (χ3v) is 6.90. The van der Waals surface area contributed by atoms with E-state index in [1.807, 2.05) is 49.4 Å². The molecule has 3 aromatic carbocycles. The maximum Gasteiger partial charge on any atom is 0.416 e. The number of rotatable bonds is 7. The first kappa shape index (κ1) is 25.5. The summed E-state index contributed by atoms with van der Waals surface area (Å²) in [7, 11) is 0. The number of aromatic nitrogens is 4. The molecule has 0 radical (unpaired) electrons. The van der Waals surface area contributed by atoms with Crippen molar-refractivity contribution >= 4 is 34.1 Å². The fraction of sp³-hybridized carbons (Fsp3) is 0.143. The quantitative estimate of drug-likeness (QED) is 0.219. The van der Waals surface area contributed by atoms with Crippen LogP contribution in [-0.2, 0) is 11.0 Å². The number of alkyl halides is 3. The molecule has 0 saturated heterocycles. The number of pyridine rings is 1. The zero-order valence-corrected chi connectivity index (χ0v) is 21.1. The normalized spacial score (nSPS) is 11.6. The van der Waals surface area contributed by atoms with Crippen LogP contribution in [0.4, 0.5) is 18.9 Å². The number of benzene rings is 3. The zero-order valence-electron chi connectivity index (χ0n) is 20.3. The topological polar surface area (TPSA) is 63.9 Å². The highest BCUT2D eigenvalue weighted by Gasteiger charge is 2.31. The van der Waals surface area contributed by atoms with Gasteiger partial charge in [-0.1, -0.05) is 54.2 Å². The maximum atomic E-state index is 13.5. The summed E-state index contributed by atoms with van der Waals surface area (Å²) < 4.78 is 42.0. The predicted octanol–water partition coefficient (Wildman–Crippen LogP) is 6.65. The first-order valence-electron chi connectivity index (χ1n) is 11.8. The van der Waals surface area contributed by atoms with Crippen LogP contribution < -0.4 is 4.90 Å². The van der Waals surface area contributed by atoms with Gasteiger partial charge in [-0.2, -0.15) is 13.2 Å². The summed E-state index contributed by atoms with van der Waals surface area (Å²) in [5, 5.41) is 10.8. The highest BCUT2D eigenvalue weighted by molar-refractivity contribution is 7.99. The van der Waals surface area contributed by atoms with Gasteiger partial charge < -0.3 is 4.90 Å². The minimum atomic E-state index is -4.51. The average Bonchev–Trinajstić information content (AvgIpc) is 3.36. The smallest absolute Gasteiger partial charge is 0.311 e. The zero-order chi connectivity index (χ0) is 26.7. The lowest BCUT2D eigenvalue weighted by Gasteiger charge is -2.22. The number of nitrogens with zero attached hydrogens (tertiary/aromatic N) is 5.